The van der Waals surface area contributed by atoms with Crippen LogP contribution in [0.4, 0.5) is 0 Å². The van der Waals surface area contributed by atoms with Crippen LogP contribution >= 0.6 is 27.3 Å². The molecule has 1 N–H and O–H groups in total. The maximum atomic E-state index is 10.7. The Kier molecular flexibility index (Phi) is 3.44. The number of aliphatic hydroxyl groups excluding tert-OH is 1. The Balaban J connectivity index is 2.21. The number of aryl methyl sites for hydroxylation is 1. The first-order valence-corrected chi connectivity index (χ1v) is 7.69. The second-order valence-electron chi connectivity index (χ2n) is 4.56. The van der Waals surface area contributed by atoms with Crippen molar-refractivity contribution in [3.8, 4) is 0 Å². The molecule has 1 atom stereocenters. The van der Waals surface area contributed by atoms with Crippen molar-refractivity contribution < 1.29 is 5.11 Å². The molecular weight excluding hydrogens is 320 g/mol. The normalized spacial score (nSPS) is 12.8. The van der Waals surface area contributed by atoms with E-state index in [0.717, 1.165) is 30.6 Å². The Bertz CT molecular complexity index is 732. The molecule has 0 amide bonds. The highest BCUT2D eigenvalue weighted by atomic mass is 79.9. The summed E-state index contributed by atoms with van der Waals surface area (Å²) >= 11 is 5.02. The SMILES string of the molecule is Cc1ccc2ccccc2c1C(O)c1ccc(Br)s1. The highest BCUT2D eigenvalue weighted by Crippen LogP contribution is 2.36. The molecule has 96 valence electrons. The van der Waals surface area contributed by atoms with E-state index >= 15 is 0 Å². The van der Waals surface area contributed by atoms with Crippen molar-refractivity contribution in [3.63, 3.8) is 0 Å². The Morgan fingerprint density at radius 1 is 1.05 bits per heavy atom. The van der Waals surface area contributed by atoms with Gasteiger partial charge in [0.05, 0.1) is 3.79 Å². The number of benzene rings is 2. The lowest BCUT2D eigenvalue weighted by molar-refractivity contribution is 0.225. The molecule has 3 heteroatoms. The van der Waals surface area contributed by atoms with Crippen molar-refractivity contribution in [3.05, 3.63) is 68.3 Å². The Hall–Kier alpha value is -1.16. The topological polar surface area (TPSA) is 20.2 Å². The molecule has 1 unspecified atom stereocenters. The van der Waals surface area contributed by atoms with Gasteiger partial charge in [0.2, 0.25) is 0 Å². The van der Waals surface area contributed by atoms with E-state index in [2.05, 4.69) is 40.2 Å². The van der Waals surface area contributed by atoms with Crippen LogP contribution in [0.2, 0.25) is 0 Å². The van der Waals surface area contributed by atoms with E-state index in [9.17, 15) is 5.11 Å². The monoisotopic (exact) mass is 332 g/mol. The van der Waals surface area contributed by atoms with Gasteiger partial charge in [0.25, 0.3) is 0 Å². The van der Waals surface area contributed by atoms with Crippen molar-refractivity contribution in [1.82, 2.24) is 0 Å². The van der Waals surface area contributed by atoms with E-state index in [1.807, 2.05) is 31.2 Å². The van der Waals surface area contributed by atoms with Gasteiger partial charge in [-0.3, -0.25) is 0 Å². The van der Waals surface area contributed by atoms with Crippen LogP contribution < -0.4 is 0 Å². The number of aliphatic hydroxyl groups is 1. The molecule has 0 aliphatic heterocycles. The van der Waals surface area contributed by atoms with Crippen LogP contribution in [0, 0.1) is 6.92 Å². The van der Waals surface area contributed by atoms with Gasteiger partial charge in [-0.1, -0.05) is 36.4 Å². The third kappa shape index (κ3) is 2.34. The van der Waals surface area contributed by atoms with Crippen molar-refractivity contribution >= 4 is 38.0 Å². The van der Waals surface area contributed by atoms with Crippen LogP contribution in [0.3, 0.4) is 0 Å². The summed E-state index contributed by atoms with van der Waals surface area (Å²) in [5.41, 5.74) is 2.13. The summed E-state index contributed by atoms with van der Waals surface area (Å²) in [5.74, 6) is 0. The number of hydrogen-bond donors (Lipinski definition) is 1. The molecule has 1 nitrogen and oxygen atoms in total. The standard InChI is InChI=1S/C16H13BrOS/c1-10-6-7-11-4-2-3-5-12(11)15(10)16(18)13-8-9-14(17)19-13/h2-9,16,18H,1H3. The minimum absolute atomic E-state index is 0.567. The summed E-state index contributed by atoms with van der Waals surface area (Å²) in [6.45, 7) is 2.05. The lowest BCUT2D eigenvalue weighted by atomic mass is 9.95. The second kappa shape index (κ2) is 5.08. The molecule has 0 aliphatic rings. The summed E-state index contributed by atoms with van der Waals surface area (Å²) in [6, 6.07) is 16.3. The molecule has 0 spiro atoms. The van der Waals surface area contributed by atoms with Crippen LogP contribution in [0.15, 0.2) is 52.3 Å². The van der Waals surface area contributed by atoms with Gasteiger partial charge in [-0.2, -0.15) is 0 Å². The van der Waals surface area contributed by atoms with Crippen LogP contribution in [-0.4, -0.2) is 5.11 Å². The van der Waals surface area contributed by atoms with E-state index in [4.69, 9.17) is 0 Å². The highest BCUT2D eigenvalue weighted by molar-refractivity contribution is 9.11. The lowest BCUT2D eigenvalue weighted by Crippen LogP contribution is -2.01. The lowest BCUT2D eigenvalue weighted by Gasteiger charge is -2.15. The van der Waals surface area contributed by atoms with Crippen molar-refractivity contribution in [1.29, 1.82) is 0 Å². The van der Waals surface area contributed by atoms with Crippen molar-refractivity contribution in [2.24, 2.45) is 0 Å². The molecule has 0 saturated carbocycles. The largest absolute Gasteiger partial charge is 0.383 e. The molecule has 1 heterocycles. The summed E-state index contributed by atoms with van der Waals surface area (Å²) in [4.78, 5) is 0.964. The van der Waals surface area contributed by atoms with Crippen LogP contribution in [0.1, 0.15) is 22.1 Å². The number of halogens is 1. The Morgan fingerprint density at radius 3 is 2.58 bits per heavy atom. The third-order valence-electron chi connectivity index (χ3n) is 3.33. The summed E-state index contributed by atoms with van der Waals surface area (Å²) in [5, 5.41) is 13.0. The van der Waals surface area contributed by atoms with Gasteiger partial charge >= 0.3 is 0 Å². The summed E-state index contributed by atoms with van der Waals surface area (Å²) in [7, 11) is 0. The average Bonchev–Trinajstić information content (AvgIpc) is 2.85. The van der Waals surface area contributed by atoms with Gasteiger partial charge in [0, 0.05) is 4.88 Å². The van der Waals surface area contributed by atoms with Gasteiger partial charge in [-0.15, -0.1) is 11.3 Å². The molecule has 0 saturated heterocycles. The van der Waals surface area contributed by atoms with E-state index in [1.165, 1.54) is 0 Å². The van der Waals surface area contributed by atoms with Crippen LogP contribution in [-0.2, 0) is 0 Å². The number of thiophene rings is 1. The minimum atomic E-state index is -0.567. The molecular formula is C16H13BrOS. The van der Waals surface area contributed by atoms with Crippen LogP contribution in [0.5, 0.6) is 0 Å². The smallest absolute Gasteiger partial charge is 0.114 e. The summed E-state index contributed by atoms with van der Waals surface area (Å²) in [6.07, 6.45) is -0.567. The molecule has 3 rings (SSSR count). The van der Waals surface area contributed by atoms with Gasteiger partial charge in [0.1, 0.15) is 6.10 Å². The van der Waals surface area contributed by atoms with Crippen molar-refractivity contribution in [2.45, 2.75) is 13.0 Å². The van der Waals surface area contributed by atoms with E-state index in [1.54, 1.807) is 11.3 Å². The van der Waals surface area contributed by atoms with Crippen molar-refractivity contribution in [2.75, 3.05) is 0 Å². The fraction of sp³-hybridized carbons (Fsp3) is 0.125. The molecule has 1 aromatic heterocycles. The molecule has 19 heavy (non-hydrogen) atoms. The molecule has 2 aromatic carbocycles. The quantitative estimate of drug-likeness (QED) is 0.695. The maximum Gasteiger partial charge on any atom is 0.114 e. The predicted molar refractivity (Wildman–Crippen MR) is 84.8 cm³/mol. The fourth-order valence-corrected chi connectivity index (χ4v) is 3.80. The van der Waals surface area contributed by atoms with Crippen LogP contribution in [0.25, 0.3) is 10.8 Å². The first-order chi connectivity index (χ1) is 9.16. The fourth-order valence-electron chi connectivity index (χ4n) is 2.39. The first kappa shape index (κ1) is 12.9. The molecule has 0 bridgehead atoms. The zero-order valence-corrected chi connectivity index (χ0v) is 12.8. The minimum Gasteiger partial charge on any atom is -0.383 e. The number of rotatable bonds is 2. The molecule has 0 aliphatic carbocycles. The number of fused-ring (bicyclic) bond motifs is 1. The number of hydrogen-bond acceptors (Lipinski definition) is 2. The third-order valence-corrected chi connectivity index (χ3v) is 5.00. The van der Waals surface area contributed by atoms with Gasteiger partial charge < -0.3 is 5.11 Å². The van der Waals surface area contributed by atoms with Gasteiger partial charge in [-0.05, 0) is 56.9 Å². The molecule has 3 aromatic rings. The Morgan fingerprint density at radius 2 is 1.84 bits per heavy atom. The summed E-state index contributed by atoms with van der Waals surface area (Å²) < 4.78 is 1.04. The highest BCUT2D eigenvalue weighted by Gasteiger charge is 2.17. The maximum absolute atomic E-state index is 10.7. The van der Waals surface area contributed by atoms with E-state index in [-0.39, 0.29) is 0 Å². The molecule has 0 radical (unpaired) electrons. The predicted octanol–water partition coefficient (Wildman–Crippen LogP) is 5.05. The molecule has 0 fully saturated rings. The van der Waals surface area contributed by atoms with Gasteiger partial charge in [0.15, 0.2) is 0 Å². The Labute approximate surface area is 124 Å². The average molecular weight is 333 g/mol. The van der Waals surface area contributed by atoms with E-state index in [0.29, 0.717) is 0 Å². The van der Waals surface area contributed by atoms with Gasteiger partial charge in [-0.25, -0.2) is 0 Å². The van der Waals surface area contributed by atoms with E-state index < -0.39 is 6.10 Å². The zero-order valence-electron chi connectivity index (χ0n) is 10.4. The second-order valence-corrected chi connectivity index (χ2v) is 7.06. The first-order valence-electron chi connectivity index (χ1n) is 6.08. The zero-order chi connectivity index (χ0) is 13.4.